The molecule has 0 saturated carbocycles. The number of esters is 1. The third-order valence-corrected chi connectivity index (χ3v) is 1.86. The van der Waals surface area contributed by atoms with Crippen molar-refractivity contribution in [1.29, 1.82) is 5.26 Å². The summed E-state index contributed by atoms with van der Waals surface area (Å²) in [5.41, 5.74) is 0.959. The highest BCUT2D eigenvalue weighted by atomic mass is 16.5. The fraction of sp³-hybridized carbons (Fsp3) is 0.364. The van der Waals surface area contributed by atoms with E-state index in [0.717, 1.165) is 0 Å². The molecule has 0 aliphatic rings. The average molecular weight is 219 g/mol. The van der Waals surface area contributed by atoms with E-state index in [0.29, 0.717) is 24.5 Å². The van der Waals surface area contributed by atoms with E-state index in [1.165, 1.54) is 0 Å². The Hall–Kier alpha value is -2.09. The maximum Gasteiger partial charge on any atom is 0.307 e. The van der Waals surface area contributed by atoms with Gasteiger partial charge < -0.3 is 10.1 Å². The highest BCUT2D eigenvalue weighted by Gasteiger charge is 2.03. The molecule has 5 heteroatoms. The van der Waals surface area contributed by atoms with Crippen molar-refractivity contribution in [1.82, 2.24) is 4.98 Å². The van der Waals surface area contributed by atoms with Gasteiger partial charge in [0, 0.05) is 12.7 Å². The summed E-state index contributed by atoms with van der Waals surface area (Å²) in [6, 6.07) is 5.45. The Labute approximate surface area is 94.1 Å². The van der Waals surface area contributed by atoms with E-state index in [-0.39, 0.29) is 12.4 Å². The van der Waals surface area contributed by atoms with Gasteiger partial charge in [0.1, 0.15) is 6.07 Å². The van der Waals surface area contributed by atoms with Gasteiger partial charge in [-0.1, -0.05) is 0 Å². The van der Waals surface area contributed by atoms with Crippen LogP contribution in [0.2, 0.25) is 0 Å². The summed E-state index contributed by atoms with van der Waals surface area (Å²) in [7, 11) is 0. The zero-order chi connectivity index (χ0) is 11.8. The molecule has 0 aromatic carbocycles. The number of hydrogen-bond donors (Lipinski definition) is 1. The van der Waals surface area contributed by atoms with Crippen molar-refractivity contribution in [3.8, 4) is 6.07 Å². The molecule has 0 amide bonds. The maximum absolute atomic E-state index is 11.0. The third-order valence-electron chi connectivity index (χ3n) is 1.86. The molecule has 5 nitrogen and oxygen atoms in total. The predicted octanol–water partition coefficient (Wildman–Crippen LogP) is 1.32. The van der Waals surface area contributed by atoms with E-state index in [4.69, 9.17) is 10.00 Å². The minimum absolute atomic E-state index is 0.252. The Morgan fingerprint density at radius 3 is 3.19 bits per heavy atom. The zero-order valence-electron chi connectivity index (χ0n) is 9.06. The molecule has 0 unspecified atom stereocenters. The molecule has 0 atom stereocenters. The van der Waals surface area contributed by atoms with Crippen LogP contribution in [0.5, 0.6) is 0 Å². The fourth-order valence-corrected chi connectivity index (χ4v) is 1.17. The molecule has 0 radical (unpaired) electrons. The highest BCUT2D eigenvalue weighted by Crippen LogP contribution is 2.10. The number of carbonyl (C=O) groups excluding carboxylic acids is 1. The molecule has 1 heterocycles. The maximum atomic E-state index is 11.0. The molecule has 0 aliphatic heterocycles. The first-order chi connectivity index (χ1) is 7.77. The standard InChI is InChI=1S/C11H13N3O2/c1-2-16-11(15)5-7-14-9-4-3-6-13-10(9)8-12/h3-4,6,14H,2,5,7H2,1H3. The van der Waals surface area contributed by atoms with Gasteiger partial charge in [-0.25, -0.2) is 4.98 Å². The summed E-state index contributed by atoms with van der Waals surface area (Å²) >= 11 is 0. The summed E-state index contributed by atoms with van der Waals surface area (Å²) in [6.07, 6.45) is 1.82. The Balaban J connectivity index is 2.43. The van der Waals surface area contributed by atoms with E-state index in [1.807, 2.05) is 6.07 Å². The second-order valence-corrected chi connectivity index (χ2v) is 2.99. The van der Waals surface area contributed by atoms with Crippen LogP contribution in [0.3, 0.4) is 0 Å². The second-order valence-electron chi connectivity index (χ2n) is 2.99. The number of carbonyl (C=O) groups is 1. The van der Waals surface area contributed by atoms with E-state index < -0.39 is 0 Å². The number of aromatic nitrogens is 1. The highest BCUT2D eigenvalue weighted by molar-refractivity contribution is 5.70. The van der Waals surface area contributed by atoms with Crippen molar-refractivity contribution in [2.75, 3.05) is 18.5 Å². The Kier molecular flexibility index (Phi) is 4.80. The average Bonchev–Trinajstić information content (AvgIpc) is 2.30. The number of anilines is 1. The van der Waals surface area contributed by atoms with Crippen LogP contribution in [0, 0.1) is 11.3 Å². The van der Waals surface area contributed by atoms with E-state index >= 15 is 0 Å². The lowest BCUT2D eigenvalue weighted by Crippen LogP contribution is -2.12. The first-order valence-electron chi connectivity index (χ1n) is 5.02. The van der Waals surface area contributed by atoms with Gasteiger partial charge in [0.15, 0.2) is 5.69 Å². The molecule has 0 bridgehead atoms. The number of rotatable bonds is 5. The molecule has 1 rings (SSSR count). The fourth-order valence-electron chi connectivity index (χ4n) is 1.17. The molecular weight excluding hydrogens is 206 g/mol. The lowest BCUT2D eigenvalue weighted by molar-refractivity contribution is -0.142. The van der Waals surface area contributed by atoms with Gasteiger partial charge >= 0.3 is 5.97 Å². The van der Waals surface area contributed by atoms with Crippen molar-refractivity contribution in [2.24, 2.45) is 0 Å². The van der Waals surface area contributed by atoms with Crippen molar-refractivity contribution in [3.05, 3.63) is 24.0 Å². The SMILES string of the molecule is CCOC(=O)CCNc1cccnc1C#N. The van der Waals surface area contributed by atoms with Crippen LogP contribution < -0.4 is 5.32 Å². The van der Waals surface area contributed by atoms with Crippen LogP contribution in [0.1, 0.15) is 19.0 Å². The summed E-state index contributed by atoms with van der Waals surface area (Å²) in [5.74, 6) is -0.252. The molecule has 1 N–H and O–H groups in total. The van der Waals surface area contributed by atoms with E-state index in [9.17, 15) is 4.79 Å². The normalized spacial score (nSPS) is 9.25. The molecule has 0 spiro atoms. The predicted molar refractivity (Wildman–Crippen MR) is 58.7 cm³/mol. The van der Waals surface area contributed by atoms with Crippen LogP contribution >= 0.6 is 0 Å². The van der Waals surface area contributed by atoms with Gasteiger partial charge in [-0.05, 0) is 19.1 Å². The van der Waals surface area contributed by atoms with Gasteiger partial charge in [-0.15, -0.1) is 0 Å². The zero-order valence-corrected chi connectivity index (χ0v) is 9.06. The quantitative estimate of drug-likeness (QED) is 0.756. The molecule has 1 aromatic rings. The van der Waals surface area contributed by atoms with Gasteiger partial charge in [0.05, 0.1) is 18.7 Å². The topological polar surface area (TPSA) is 75.0 Å². The van der Waals surface area contributed by atoms with E-state index in [2.05, 4.69) is 10.3 Å². The lowest BCUT2D eigenvalue weighted by Gasteiger charge is -2.06. The molecule has 1 aromatic heterocycles. The number of nitriles is 1. The minimum atomic E-state index is -0.252. The number of hydrogen-bond acceptors (Lipinski definition) is 5. The summed E-state index contributed by atoms with van der Waals surface area (Å²) < 4.78 is 4.78. The third kappa shape index (κ3) is 3.58. The van der Waals surface area contributed by atoms with Gasteiger partial charge in [0.2, 0.25) is 0 Å². The van der Waals surface area contributed by atoms with E-state index in [1.54, 1.807) is 25.3 Å². The van der Waals surface area contributed by atoms with Crippen LogP contribution in [-0.4, -0.2) is 24.1 Å². The first kappa shape index (κ1) is 12.0. The van der Waals surface area contributed by atoms with Crippen LogP contribution in [-0.2, 0) is 9.53 Å². The summed E-state index contributed by atoms with van der Waals surface area (Å²) in [5, 5.41) is 11.7. The van der Waals surface area contributed by atoms with Crippen LogP contribution in [0.25, 0.3) is 0 Å². The Morgan fingerprint density at radius 2 is 2.50 bits per heavy atom. The smallest absolute Gasteiger partial charge is 0.307 e. The molecule has 0 fully saturated rings. The van der Waals surface area contributed by atoms with Crippen molar-refractivity contribution < 1.29 is 9.53 Å². The number of ether oxygens (including phenoxy) is 1. The van der Waals surface area contributed by atoms with Gasteiger partial charge in [0.25, 0.3) is 0 Å². The Bertz CT molecular complexity index is 398. The summed E-state index contributed by atoms with van der Waals surface area (Å²) in [6.45, 7) is 2.58. The van der Waals surface area contributed by atoms with Crippen molar-refractivity contribution in [3.63, 3.8) is 0 Å². The minimum Gasteiger partial charge on any atom is -0.466 e. The van der Waals surface area contributed by atoms with Gasteiger partial charge in [-0.2, -0.15) is 5.26 Å². The first-order valence-corrected chi connectivity index (χ1v) is 5.02. The molecule has 16 heavy (non-hydrogen) atoms. The van der Waals surface area contributed by atoms with Gasteiger partial charge in [-0.3, -0.25) is 4.79 Å². The Morgan fingerprint density at radius 1 is 1.69 bits per heavy atom. The largest absolute Gasteiger partial charge is 0.466 e. The number of nitrogens with one attached hydrogen (secondary N) is 1. The molecule has 84 valence electrons. The number of pyridine rings is 1. The monoisotopic (exact) mass is 219 g/mol. The lowest BCUT2D eigenvalue weighted by atomic mass is 10.3. The second kappa shape index (κ2) is 6.40. The van der Waals surface area contributed by atoms with Crippen LogP contribution in [0.15, 0.2) is 18.3 Å². The molecule has 0 aliphatic carbocycles. The molecule has 0 saturated heterocycles. The van der Waals surface area contributed by atoms with Crippen molar-refractivity contribution >= 4 is 11.7 Å². The van der Waals surface area contributed by atoms with Crippen molar-refractivity contribution in [2.45, 2.75) is 13.3 Å². The number of nitrogens with zero attached hydrogens (tertiary/aromatic N) is 2. The van der Waals surface area contributed by atoms with Crippen LogP contribution in [0.4, 0.5) is 5.69 Å². The summed E-state index contributed by atoms with van der Waals surface area (Å²) in [4.78, 5) is 14.9. The molecular formula is C11H13N3O2.